The summed E-state index contributed by atoms with van der Waals surface area (Å²) in [7, 11) is 0. The molecule has 0 saturated heterocycles. The Hall–Kier alpha value is -3.28. The van der Waals surface area contributed by atoms with Crippen molar-refractivity contribution in [2.45, 2.75) is 0 Å². The molecule has 0 bridgehead atoms. The molecule has 5 heteroatoms. The molecule has 0 radical (unpaired) electrons. The Kier molecular flexibility index (Phi) is 3.41. The van der Waals surface area contributed by atoms with Crippen LogP contribution < -0.4 is 16.4 Å². The highest BCUT2D eigenvalue weighted by atomic mass is 79.9. The van der Waals surface area contributed by atoms with Crippen LogP contribution in [0, 0.1) is 0 Å². The van der Waals surface area contributed by atoms with E-state index in [4.69, 9.17) is 8.83 Å². The largest absolute Gasteiger partial charge is 0.455 e. The molecule has 162 valence electrons. The van der Waals surface area contributed by atoms with Crippen LogP contribution in [0.5, 0.6) is 0 Å². The van der Waals surface area contributed by atoms with Gasteiger partial charge in [0.05, 0.1) is 8.95 Å². The van der Waals surface area contributed by atoms with Gasteiger partial charge >= 0.3 is 0 Å². The summed E-state index contributed by atoms with van der Waals surface area (Å²) in [6.45, 7) is 0.0359. The molecule has 9 rings (SSSR count). The lowest BCUT2D eigenvalue weighted by molar-refractivity contribution is 0.666. The average Bonchev–Trinajstić information content (AvgIpc) is 3.40. The van der Waals surface area contributed by atoms with Crippen LogP contribution in [0.2, 0.25) is 0 Å². The second-order valence-electron chi connectivity index (χ2n) is 9.44. The predicted octanol–water partition coefficient (Wildman–Crippen LogP) is 7.49. The van der Waals surface area contributed by atoms with Crippen molar-refractivity contribution >= 4 is 98.8 Å². The van der Waals surface area contributed by atoms with Crippen molar-refractivity contribution in [3.8, 4) is 22.3 Å². The van der Waals surface area contributed by atoms with Crippen molar-refractivity contribution < 1.29 is 8.83 Å². The van der Waals surface area contributed by atoms with Crippen molar-refractivity contribution in [2.75, 3.05) is 0 Å². The van der Waals surface area contributed by atoms with E-state index >= 15 is 0 Å². The number of furan rings is 2. The van der Waals surface area contributed by atoms with Gasteiger partial charge in [-0.2, -0.15) is 0 Å². The third-order valence-electron chi connectivity index (χ3n) is 7.86. The van der Waals surface area contributed by atoms with Gasteiger partial charge in [-0.25, -0.2) is 0 Å². The van der Waals surface area contributed by atoms with Crippen LogP contribution in [0.3, 0.4) is 0 Å². The number of fused-ring (bicyclic) bond motifs is 4. The van der Waals surface area contributed by atoms with Gasteiger partial charge in [-0.15, -0.1) is 0 Å². The van der Waals surface area contributed by atoms with Gasteiger partial charge in [-0.05, 0) is 78.4 Å². The van der Waals surface area contributed by atoms with Gasteiger partial charge in [-0.1, -0.05) is 71.0 Å². The first-order chi connectivity index (χ1) is 17.2. The number of halogens is 2. The van der Waals surface area contributed by atoms with E-state index in [1.54, 1.807) is 0 Å². The molecule has 7 aromatic rings. The molecular weight excluding hydrogens is 563 g/mol. The first-order valence-corrected chi connectivity index (χ1v) is 13.2. The predicted molar refractivity (Wildman–Crippen MR) is 152 cm³/mol. The Morgan fingerprint density at radius 3 is 1.46 bits per heavy atom. The fraction of sp³-hybridized carbons (Fsp3) is 0. The van der Waals surface area contributed by atoms with Crippen molar-refractivity contribution in [1.82, 2.24) is 0 Å². The highest BCUT2D eigenvalue weighted by Gasteiger charge is 2.38. The second-order valence-corrected chi connectivity index (χ2v) is 11.2. The molecule has 0 N–H and O–H groups in total. The van der Waals surface area contributed by atoms with Gasteiger partial charge in [0.2, 0.25) is 6.71 Å². The van der Waals surface area contributed by atoms with Crippen LogP contribution in [0.15, 0.2) is 96.6 Å². The quantitative estimate of drug-likeness (QED) is 0.175. The summed E-state index contributed by atoms with van der Waals surface area (Å²) in [5, 5.41) is 4.77. The van der Waals surface area contributed by atoms with E-state index in [9.17, 15) is 0 Å². The zero-order chi connectivity index (χ0) is 23.0. The van der Waals surface area contributed by atoms with Crippen LogP contribution in [-0.4, -0.2) is 6.71 Å². The van der Waals surface area contributed by atoms with Gasteiger partial charge in [0, 0.05) is 21.5 Å². The number of benzene rings is 5. The van der Waals surface area contributed by atoms with Crippen LogP contribution >= 0.6 is 31.9 Å². The zero-order valence-corrected chi connectivity index (χ0v) is 21.3. The van der Waals surface area contributed by atoms with Crippen LogP contribution in [0.1, 0.15) is 0 Å². The summed E-state index contributed by atoms with van der Waals surface area (Å²) >= 11 is 7.54. The van der Waals surface area contributed by atoms with E-state index in [1.165, 1.54) is 60.2 Å². The number of hydrogen-bond donors (Lipinski definition) is 0. The SMILES string of the molecule is Brc1ccc2c3c1oc1cccc(c13)-c1cccc3c1B2c1ccc(Br)c2oc4cccc-3c4c12. The molecule has 2 nitrogen and oxygen atoms in total. The third kappa shape index (κ3) is 2.14. The average molecular weight is 576 g/mol. The van der Waals surface area contributed by atoms with E-state index < -0.39 is 0 Å². The first kappa shape index (κ1) is 19.0. The third-order valence-corrected chi connectivity index (χ3v) is 9.11. The molecular formula is C30H13BBr2O2. The minimum atomic E-state index is 0.0359. The molecule has 2 aliphatic rings. The highest BCUT2D eigenvalue weighted by Crippen LogP contribution is 2.44. The molecule has 2 aromatic heterocycles. The van der Waals surface area contributed by atoms with Crippen molar-refractivity contribution in [3.05, 3.63) is 87.8 Å². The molecule has 0 aliphatic carbocycles. The first-order valence-electron chi connectivity index (χ1n) is 11.6. The molecule has 2 aliphatic heterocycles. The Morgan fingerprint density at radius 1 is 0.486 bits per heavy atom. The molecule has 0 fully saturated rings. The second kappa shape index (κ2) is 6.28. The fourth-order valence-corrected chi connectivity index (χ4v) is 7.41. The maximum absolute atomic E-state index is 6.45. The van der Waals surface area contributed by atoms with E-state index in [-0.39, 0.29) is 6.71 Å². The Balaban J connectivity index is 1.62. The zero-order valence-electron chi connectivity index (χ0n) is 18.2. The maximum atomic E-state index is 6.45. The molecule has 0 atom stereocenters. The van der Waals surface area contributed by atoms with Crippen molar-refractivity contribution in [2.24, 2.45) is 0 Å². The van der Waals surface area contributed by atoms with E-state index in [0.717, 1.165) is 31.3 Å². The minimum absolute atomic E-state index is 0.0359. The Morgan fingerprint density at radius 2 is 0.943 bits per heavy atom. The van der Waals surface area contributed by atoms with E-state index in [2.05, 4.69) is 111 Å². The Labute approximate surface area is 216 Å². The highest BCUT2D eigenvalue weighted by molar-refractivity contribution is 9.11. The summed E-state index contributed by atoms with van der Waals surface area (Å²) in [4.78, 5) is 0. The molecule has 35 heavy (non-hydrogen) atoms. The normalized spacial score (nSPS) is 13.4. The van der Waals surface area contributed by atoms with Crippen LogP contribution in [0.25, 0.3) is 66.1 Å². The standard InChI is InChI=1S/C30H13BBr2O2/c32-20-12-10-18-26-24-14(4-2-8-22(24)34-29(20)26)16-6-1-7-17-15-5-3-9-23-25(15)27-19(31(18)28(16)17)11-13-21(33)30(27)35-23/h1-13H. The van der Waals surface area contributed by atoms with Gasteiger partial charge in [0.25, 0.3) is 0 Å². The maximum Gasteiger partial charge on any atom is 0.244 e. The van der Waals surface area contributed by atoms with Gasteiger partial charge in [-0.3, -0.25) is 0 Å². The number of rotatable bonds is 0. The van der Waals surface area contributed by atoms with E-state index in [1.807, 2.05) is 0 Å². The topological polar surface area (TPSA) is 26.3 Å². The fourth-order valence-electron chi connectivity index (χ4n) is 6.58. The van der Waals surface area contributed by atoms with Gasteiger partial charge < -0.3 is 8.83 Å². The van der Waals surface area contributed by atoms with Crippen molar-refractivity contribution in [3.63, 3.8) is 0 Å². The molecule has 4 heterocycles. The minimum Gasteiger partial charge on any atom is -0.455 e. The van der Waals surface area contributed by atoms with E-state index in [0.29, 0.717) is 0 Å². The van der Waals surface area contributed by atoms with Gasteiger partial charge in [0.1, 0.15) is 22.3 Å². The lowest BCUT2D eigenvalue weighted by Crippen LogP contribution is -2.53. The summed E-state index contributed by atoms with van der Waals surface area (Å²) in [5.74, 6) is 0. The molecule has 0 amide bonds. The summed E-state index contributed by atoms with van der Waals surface area (Å²) < 4.78 is 14.9. The van der Waals surface area contributed by atoms with Crippen molar-refractivity contribution in [1.29, 1.82) is 0 Å². The molecule has 0 saturated carbocycles. The van der Waals surface area contributed by atoms with Gasteiger partial charge in [0.15, 0.2) is 0 Å². The smallest absolute Gasteiger partial charge is 0.244 e. The summed E-state index contributed by atoms with van der Waals surface area (Å²) in [6, 6.07) is 28.4. The Bertz CT molecular complexity index is 1950. The molecule has 0 spiro atoms. The lowest BCUT2D eigenvalue weighted by atomic mass is 9.35. The van der Waals surface area contributed by atoms with Crippen LogP contribution in [-0.2, 0) is 0 Å². The van der Waals surface area contributed by atoms with Crippen LogP contribution in [0.4, 0.5) is 0 Å². The number of hydrogen-bond acceptors (Lipinski definition) is 2. The monoisotopic (exact) mass is 574 g/mol. The summed E-state index contributed by atoms with van der Waals surface area (Å²) in [6.07, 6.45) is 0. The lowest BCUT2D eigenvalue weighted by Gasteiger charge is -2.21. The molecule has 5 aromatic carbocycles. The molecule has 0 unspecified atom stereocenters. The summed E-state index contributed by atoms with van der Waals surface area (Å²) in [5.41, 5.74) is 12.5.